The van der Waals surface area contributed by atoms with Gasteiger partial charge in [0.1, 0.15) is 11.6 Å². The molecule has 0 aliphatic heterocycles. The minimum atomic E-state index is -0.261. The van der Waals surface area contributed by atoms with Crippen LogP contribution < -0.4 is 15.8 Å². The molecule has 1 amide bonds. The topological polar surface area (TPSA) is 64.3 Å². The van der Waals surface area contributed by atoms with Crippen LogP contribution in [0.2, 0.25) is 0 Å². The number of carbonyl (C=O) groups excluding carboxylic acids is 1. The van der Waals surface area contributed by atoms with E-state index >= 15 is 0 Å². The monoisotopic (exact) mass is 288 g/mol. The Kier molecular flexibility index (Phi) is 5.15. The van der Waals surface area contributed by atoms with Crippen LogP contribution in [0.5, 0.6) is 5.75 Å². The van der Waals surface area contributed by atoms with Gasteiger partial charge >= 0.3 is 0 Å². The predicted molar refractivity (Wildman–Crippen MR) is 79.5 cm³/mol. The molecule has 0 aromatic heterocycles. The van der Waals surface area contributed by atoms with E-state index in [1.807, 2.05) is 0 Å². The van der Waals surface area contributed by atoms with E-state index in [0.717, 1.165) is 0 Å². The van der Waals surface area contributed by atoms with Crippen LogP contribution >= 0.6 is 0 Å². The second-order valence-electron chi connectivity index (χ2n) is 4.55. The van der Waals surface area contributed by atoms with E-state index < -0.39 is 0 Å². The van der Waals surface area contributed by atoms with E-state index in [0.29, 0.717) is 30.0 Å². The Morgan fingerprint density at radius 3 is 2.76 bits per heavy atom. The fraction of sp³-hybridized carbons (Fsp3) is 0.188. The minimum Gasteiger partial charge on any atom is -0.484 e. The fourth-order valence-corrected chi connectivity index (χ4v) is 1.84. The molecule has 0 bridgehead atoms. The molecule has 0 saturated carbocycles. The van der Waals surface area contributed by atoms with Crippen LogP contribution in [0.15, 0.2) is 48.5 Å². The van der Waals surface area contributed by atoms with Crippen molar-refractivity contribution in [2.45, 2.75) is 6.42 Å². The highest BCUT2D eigenvalue weighted by Gasteiger charge is 2.04. The summed E-state index contributed by atoms with van der Waals surface area (Å²) in [4.78, 5) is 11.6. The molecule has 0 unspecified atom stereocenters. The summed E-state index contributed by atoms with van der Waals surface area (Å²) in [5.41, 5.74) is 6.76. The number of carbonyl (C=O) groups is 1. The highest BCUT2D eigenvalue weighted by molar-refractivity contribution is 5.77. The van der Waals surface area contributed by atoms with E-state index in [-0.39, 0.29) is 18.3 Å². The second-order valence-corrected chi connectivity index (χ2v) is 4.55. The van der Waals surface area contributed by atoms with E-state index in [9.17, 15) is 9.18 Å². The maximum atomic E-state index is 13.4. The van der Waals surface area contributed by atoms with Crippen LogP contribution in [0.1, 0.15) is 5.56 Å². The summed E-state index contributed by atoms with van der Waals surface area (Å²) in [6.07, 6.45) is 0.441. The zero-order valence-electron chi connectivity index (χ0n) is 11.5. The molecule has 2 aromatic rings. The molecule has 2 aromatic carbocycles. The number of ether oxygens (including phenoxy) is 1. The standard InChI is InChI=1S/C16H17FN2O2/c17-15-7-2-1-4-12(15)8-9-19-16(20)11-21-14-6-3-5-13(18)10-14/h1-7,10H,8-9,11,18H2,(H,19,20). The number of nitrogens with two attached hydrogens (primary N) is 1. The highest BCUT2D eigenvalue weighted by Crippen LogP contribution is 2.14. The SMILES string of the molecule is Nc1cccc(OCC(=O)NCCc2ccccc2F)c1. The number of amides is 1. The highest BCUT2D eigenvalue weighted by atomic mass is 19.1. The normalized spacial score (nSPS) is 10.1. The van der Waals surface area contributed by atoms with Gasteiger partial charge in [0.15, 0.2) is 6.61 Å². The second kappa shape index (κ2) is 7.28. The lowest BCUT2D eigenvalue weighted by Gasteiger charge is -2.08. The predicted octanol–water partition coefficient (Wildman–Crippen LogP) is 2.15. The van der Waals surface area contributed by atoms with Gasteiger partial charge in [-0.15, -0.1) is 0 Å². The number of rotatable bonds is 6. The van der Waals surface area contributed by atoms with Gasteiger partial charge in [0.25, 0.3) is 5.91 Å². The molecule has 0 radical (unpaired) electrons. The molecular formula is C16H17FN2O2. The van der Waals surface area contributed by atoms with Gasteiger partial charge in [-0.25, -0.2) is 4.39 Å². The average Bonchev–Trinajstić information content (AvgIpc) is 2.47. The Morgan fingerprint density at radius 1 is 1.19 bits per heavy atom. The molecule has 0 spiro atoms. The molecule has 5 heteroatoms. The maximum absolute atomic E-state index is 13.4. The number of hydrogen-bond donors (Lipinski definition) is 2. The fourth-order valence-electron chi connectivity index (χ4n) is 1.84. The van der Waals surface area contributed by atoms with E-state index in [4.69, 9.17) is 10.5 Å². The Hall–Kier alpha value is -2.56. The lowest BCUT2D eigenvalue weighted by molar-refractivity contribution is -0.123. The summed E-state index contributed by atoms with van der Waals surface area (Å²) in [5, 5.41) is 2.68. The maximum Gasteiger partial charge on any atom is 0.257 e. The Bertz CT molecular complexity index is 617. The van der Waals surface area contributed by atoms with Gasteiger partial charge < -0.3 is 15.8 Å². The van der Waals surface area contributed by atoms with Crippen LogP contribution in [-0.4, -0.2) is 19.1 Å². The first-order valence-electron chi connectivity index (χ1n) is 6.63. The molecule has 0 fully saturated rings. The van der Waals surface area contributed by atoms with Crippen LogP contribution in [0.3, 0.4) is 0 Å². The average molecular weight is 288 g/mol. The van der Waals surface area contributed by atoms with Crippen molar-refractivity contribution in [2.75, 3.05) is 18.9 Å². The first kappa shape index (κ1) is 14.8. The van der Waals surface area contributed by atoms with Gasteiger partial charge in [-0.3, -0.25) is 4.79 Å². The van der Waals surface area contributed by atoms with Crippen molar-refractivity contribution in [3.63, 3.8) is 0 Å². The molecule has 4 nitrogen and oxygen atoms in total. The molecular weight excluding hydrogens is 271 g/mol. The van der Waals surface area contributed by atoms with E-state index in [1.165, 1.54) is 6.07 Å². The first-order chi connectivity index (χ1) is 10.1. The van der Waals surface area contributed by atoms with Crippen molar-refractivity contribution in [3.05, 3.63) is 59.9 Å². The van der Waals surface area contributed by atoms with Crippen molar-refractivity contribution >= 4 is 11.6 Å². The summed E-state index contributed by atoms with van der Waals surface area (Å²) in [6.45, 7) is 0.265. The molecule has 0 saturated heterocycles. The number of hydrogen-bond acceptors (Lipinski definition) is 3. The lowest BCUT2D eigenvalue weighted by atomic mass is 10.1. The summed E-state index contributed by atoms with van der Waals surface area (Å²) >= 11 is 0. The van der Waals surface area contributed by atoms with Crippen molar-refractivity contribution in [3.8, 4) is 5.75 Å². The zero-order valence-corrected chi connectivity index (χ0v) is 11.5. The largest absolute Gasteiger partial charge is 0.484 e. The number of halogens is 1. The number of benzene rings is 2. The van der Waals surface area contributed by atoms with E-state index in [2.05, 4.69) is 5.32 Å². The Morgan fingerprint density at radius 2 is 2.00 bits per heavy atom. The molecule has 0 atom stereocenters. The van der Waals surface area contributed by atoms with Crippen molar-refractivity contribution in [1.29, 1.82) is 0 Å². The van der Waals surface area contributed by atoms with Gasteiger partial charge in [-0.2, -0.15) is 0 Å². The van der Waals surface area contributed by atoms with Crippen LogP contribution in [0, 0.1) is 5.82 Å². The molecule has 110 valence electrons. The minimum absolute atomic E-state index is 0.0965. The Labute approximate surface area is 122 Å². The number of anilines is 1. The van der Waals surface area contributed by atoms with Crippen LogP contribution in [0.25, 0.3) is 0 Å². The third-order valence-electron chi connectivity index (χ3n) is 2.90. The smallest absolute Gasteiger partial charge is 0.257 e. The summed E-state index contributed by atoms with van der Waals surface area (Å²) < 4.78 is 18.7. The van der Waals surface area contributed by atoms with Gasteiger partial charge in [-0.1, -0.05) is 24.3 Å². The Balaban J connectivity index is 1.72. The third-order valence-corrected chi connectivity index (χ3v) is 2.90. The molecule has 3 N–H and O–H groups in total. The summed E-state index contributed by atoms with van der Waals surface area (Å²) in [5.74, 6) is 0.0239. The lowest BCUT2D eigenvalue weighted by Crippen LogP contribution is -2.30. The van der Waals surface area contributed by atoms with Gasteiger partial charge in [-0.05, 0) is 30.2 Å². The van der Waals surface area contributed by atoms with E-state index in [1.54, 1.807) is 42.5 Å². The molecule has 2 rings (SSSR count). The summed E-state index contributed by atoms with van der Waals surface area (Å²) in [7, 11) is 0. The quantitative estimate of drug-likeness (QED) is 0.800. The van der Waals surface area contributed by atoms with Crippen molar-refractivity contribution < 1.29 is 13.9 Å². The zero-order chi connectivity index (χ0) is 15.1. The summed E-state index contributed by atoms with van der Waals surface area (Å²) in [6, 6.07) is 13.4. The number of nitrogens with one attached hydrogen (secondary N) is 1. The number of nitrogen functional groups attached to an aromatic ring is 1. The molecule has 0 heterocycles. The van der Waals surface area contributed by atoms with Crippen molar-refractivity contribution in [2.24, 2.45) is 0 Å². The van der Waals surface area contributed by atoms with Crippen molar-refractivity contribution in [1.82, 2.24) is 5.32 Å². The van der Waals surface area contributed by atoms with Crippen LogP contribution in [0.4, 0.5) is 10.1 Å². The first-order valence-corrected chi connectivity index (χ1v) is 6.63. The third kappa shape index (κ3) is 4.80. The molecule has 21 heavy (non-hydrogen) atoms. The van der Waals surface area contributed by atoms with Gasteiger partial charge in [0.2, 0.25) is 0 Å². The molecule has 0 aliphatic carbocycles. The van der Waals surface area contributed by atoms with Crippen LogP contribution in [-0.2, 0) is 11.2 Å². The van der Waals surface area contributed by atoms with Gasteiger partial charge in [0, 0.05) is 18.3 Å². The van der Waals surface area contributed by atoms with Gasteiger partial charge in [0.05, 0.1) is 0 Å². The molecule has 0 aliphatic rings.